The van der Waals surface area contributed by atoms with Crippen LogP contribution in [0.4, 0.5) is 0 Å². The van der Waals surface area contributed by atoms with Gasteiger partial charge in [-0.25, -0.2) is 0 Å². The molecule has 0 aliphatic carbocycles. The second-order valence-corrected chi connectivity index (χ2v) is 8.24. The van der Waals surface area contributed by atoms with Gasteiger partial charge in [-0.3, -0.25) is 4.79 Å². The molecule has 0 saturated heterocycles. The Morgan fingerprint density at radius 1 is 0.871 bits per heavy atom. The quantitative estimate of drug-likeness (QED) is 0.368. The zero-order valence-electron chi connectivity index (χ0n) is 17.7. The Labute approximate surface area is 186 Å². The Balaban J connectivity index is 1.44. The first kappa shape index (κ1) is 20.9. The number of carbonyl (C=O) groups is 1. The molecule has 0 N–H and O–H groups in total. The van der Waals surface area contributed by atoms with Crippen molar-refractivity contribution in [3.8, 4) is 22.9 Å². The van der Waals surface area contributed by atoms with Gasteiger partial charge in [0, 0.05) is 35.2 Å². The molecule has 0 atom stereocenters. The molecule has 1 aromatic heterocycles. The molecule has 0 unspecified atom stereocenters. The molecule has 0 fully saturated rings. The lowest BCUT2D eigenvalue weighted by Crippen LogP contribution is -2.26. The minimum Gasteiger partial charge on any atom is -0.416 e. The molecule has 6 heteroatoms. The molecule has 5 nitrogen and oxygen atoms in total. The Kier molecular flexibility index (Phi) is 6.18. The summed E-state index contributed by atoms with van der Waals surface area (Å²) < 4.78 is 5.82. The molecule has 0 bridgehead atoms. The SMILES string of the molecule is CSc1ccc(CN(C)C(=O)c2ccc(-c3nnc(-c4ccc(C)cc4)o3)cc2)cc1. The first-order valence-electron chi connectivity index (χ1n) is 9.93. The van der Waals surface area contributed by atoms with Crippen LogP contribution in [0.5, 0.6) is 0 Å². The third kappa shape index (κ3) is 4.86. The summed E-state index contributed by atoms with van der Waals surface area (Å²) in [6.07, 6.45) is 2.05. The predicted molar refractivity (Wildman–Crippen MR) is 124 cm³/mol. The fraction of sp³-hybridized carbons (Fsp3) is 0.160. The zero-order valence-corrected chi connectivity index (χ0v) is 18.5. The Morgan fingerprint density at radius 2 is 1.42 bits per heavy atom. The predicted octanol–water partition coefficient (Wildman–Crippen LogP) is 5.71. The van der Waals surface area contributed by atoms with E-state index in [0.29, 0.717) is 23.9 Å². The topological polar surface area (TPSA) is 59.2 Å². The van der Waals surface area contributed by atoms with E-state index in [1.165, 1.54) is 10.5 Å². The van der Waals surface area contributed by atoms with Crippen LogP contribution in [-0.4, -0.2) is 34.3 Å². The van der Waals surface area contributed by atoms with Crippen molar-refractivity contribution in [1.29, 1.82) is 0 Å². The summed E-state index contributed by atoms with van der Waals surface area (Å²) in [6.45, 7) is 2.59. The minimum absolute atomic E-state index is 0.0358. The van der Waals surface area contributed by atoms with Crippen LogP contribution < -0.4 is 0 Å². The molecule has 0 saturated carbocycles. The molecular formula is C25H23N3O2S. The Hall–Kier alpha value is -3.38. The first-order valence-corrected chi connectivity index (χ1v) is 11.2. The van der Waals surface area contributed by atoms with Gasteiger partial charge in [0.05, 0.1) is 0 Å². The van der Waals surface area contributed by atoms with Gasteiger partial charge in [0.15, 0.2) is 0 Å². The molecule has 4 aromatic rings. The molecule has 1 heterocycles. The van der Waals surface area contributed by atoms with Crippen molar-refractivity contribution in [2.45, 2.75) is 18.4 Å². The van der Waals surface area contributed by atoms with Crippen molar-refractivity contribution in [2.75, 3.05) is 13.3 Å². The normalized spacial score (nSPS) is 10.8. The molecule has 0 aliphatic rings. The fourth-order valence-electron chi connectivity index (χ4n) is 3.21. The highest BCUT2D eigenvalue weighted by Gasteiger charge is 2.14. The molecule has 156 valence electrons. The van der Waals surface area contributed by atoms with Gasteiger partial charge in [-0.15, -0.1) is 22.0 Å². The molecule has 1 amide bonds. The number of benzene rings is 3. The minimum atomic E-state index is -0.0358. The summed E-state index contributed by atoms with van der Waals surface area (Å²) in [6, 6.07) is 23.4. The lowest BCUT2D eigenvalue weighted by atomic mass is 10.1. The van der Waals surface area contributed by atoms with Crippen LogP contribution in [0.3, 0.4) is 0 Å². The summed E-state index contributed by atoms with van der Waals surface area (Å²) in [5.41, 5.74) is 4.54. The van der Waals surface area contributed by atoms with Gasteiger partial charge in [0.2, 0.25) is 11.8 Å². The number of carbonyl (C=O) groups excluding carboxylic acids is 1. The average molecular weight is 430 g/mol. The highest BCUT2D eigenvalue weighted by atomic mass is 32.2. The maximum atomic E-state index is 12.8. The second-order valence-electron chi connectivity index (χ2n) is 7.37. The van der Waals surface area contributed by atoms with Gasteiger partial charge in [0.25, 0.3) is 5.91 Å². The number of aryl methyl sites for hydroxylation is 1. The lowest BCUT2D eigenvalue weighted by molar-refractivity contribution is 0.0785. The molecule has 31 heavy (non-hydrogen) atoms. The first-order chi connectivity index (χ1) is 15.0. The fourth-order valence-corrected chi connectivity index (χ4v) is 3.61. The van der Waals surface area contributed by atoms with Crippen molar-refractivity contribution < 1.29 is 9.21 Å². The van der Waals surface area contributed by atoms with Crippen molar-refractivity contribution in [3.63, 3.8) is 0 Å². The van der Waals surface area contributed by atoms with E-state index in [1.54, 1.807) is 28.8 Å². The third-order valence-corrected chi connectivity index (χ3v) is 5.77. The van der Waals surface area contributed by atoms with Crippen LogP contribution in [0.25, 0.3) is 22.9 Å². The van der Waals surface area contributed by atoms with Gasteiger partial charge < -0.3 is 9.32 Å². The van der Waals surface area contributed by atoms with Crippen LogP contribution in [0, 0.1) is 6.92 Å². The number of amides is 1. The summed E-state index contributed by atoms with van der Waals surface area (Å²) in [5.74, 6) is 0.866. The van der Waals surface area contributed by atoms with E-state index in [1.807, 2.05) is 56.6 Å². The zero-order chi connectivity index (χ0) is 21.8. The Morgan fingerprint density at radius 3 is 1.97 bits per heavy atom. The van der Waals surface area contributed by atoms with E-state index in [2.05, 4.69) is 34.5 Å². The van der Waals surface area contributed by atoms with Crippen LogP contribution >= 0.6 is 11.8 Å². The van der Waals surface area contributed by atoms with Crippen LogP contribution in [-0.2, 0) is 6.54 Å². The van der Waals surface area contributed by atoms with Crippen molar-refractivity contribution in [2.24, 2.45) is 0 Å². The van der Waals surface area contributed by atoms with E-state index in [-0.39, 0.29) is 5.91 Å². The van der Waals surface area contributed by atoms with Gasteiger partial charge in [-0.05, 0) is 67.3 Å². The van der Waals surface area contributed by atoms with Gasteiger partial charge in [0.1, 0.15) is 0 Å². The van der Waals surface area contributed by atoms with Gasteiger partial charge >= 0.3 is 0 Å². The molecule has 3 aromatic carbocycles. The highest BCUT2D eigenvalue weighted by Crippen LogP contribution is 2.25. The van der Waals surface area contributed by atoms with Crippen molar-refractivity contribution in [1.82, 2.24) is 15.1 Å². The summed E-state index contributed by atoms with van der Waals surface area (Å²) in [7, 11) is 1.81. The maximum Gasteiger partial charge on any atom is 0.253 e. The smallest absolute Gasteiger partial charge is 0.253 e. The monoisotopic (exact) mass is 429 g/mol. The van der Waals surface area contributed by atoms with Crippen LogP contribution in [0.2, 0.25) is 0 Å². The molecule has 0 radical (unpaired) electrons. The summed E-state index contributed by atoms with van der Waals surface area (Å²) in [4.78, 5) is 15.7. The number of hydrogen-bond acceptors (Lipinski definition) is 5. The highest BCUT2D eigenvalue weighted by molar-refractivity contribution is 7.98. The summed E-state index contributed by atoms with van der Waals surface area (Å²) >= 11 is 1.70. The van der Waals surface area contributed by atoms with Crippen LogP contribution in [0.15, 0.2) is 82.1 Å². The number of nitrogens with zero attached hydrogens (tertiary/aromatic N) is 3. The van der Waals surface area contributed by atoms with E-state index in [9.17, 15) is 4.79 Å². The van der Waals surface area contributed by atoms with Gasteiger partial charge in [-0.1, -0.05) is 29.8 Å². The molecule has 4 rings (SSSR count). The summed E-state index contributed by atoms with van der Waals surface area (Å²) in [5, 5.41) is 8.30. The van der Waals surface area contributed by atoms with E-state index in [0.717, 1.165) is 16.7 Å². The van der Waals surface area contributed by atoms with Crippen LogP contribution in [0.1, 0.15) is 21.5 Å². The molecular weight excluding hydrogens is 406 g/mol. The number of aromatic nitrogens is 2. The average Bonchev–Trinajstić information content (AvgIpc) is 3.30. The third-order valence-electron chi connectivity index (χ3n) is 5.03. The van der Waals surface area contributed by atoms with Crippen molar-refractivity contribution >= 4 is 17.7 Å². The Bertz CT molecular complexity index is 1170. The van der Waals surface area contributed by atoms with E-state index in [4.69, 9.17) is 4.42 Å². The maximum absolute atomic E-state index is 12.8. The number of rotatable bonds is 6. The number of thioether (sulfide) groups is 1. The van der Waals surface area contributed by atoms with E-state index < -0.39 is 0 Å². The standard InChI is InChI=1S/C25H23N3O2S/c1-17-4-8-19(9-5-17)23-26-27-24(30-23)20-10-12-21(13-11-20)25(29)28(2)16-18-6-14-22(31-3)15-7-18/h4-15H,16H2,1-3H3. The van der Waals surface area contributed by atoms with Gasteiger partial charge in [-0.2, -0.15) is 0 Å². The van der Waals surface area contributed by atoms with E-state index >= 15 is 0 Å². The lowest BCUT2D eigenvalue weighted by Gasteiger charge is -2.17. The number of hydrogen-bond donors (Lipinski definition) is 0. The molecule has 0 aliphatic heterocycles. The van der Waals surface area contributed by atoms with Crippen molar-refractivity contribution in [3.05, 3.63) is 89.5 Å². The molecule has 0 spiro atoms. The second kappa shape index (κ2) is 9.18. The largest absolute Gasteiger partial charge is 0.416 e.